The summed E-state index contributed by atoms with van der Waals surface area (Å²) in [7, 11) is 0. The van der Waals surface area contributed by atoms with Crippen molar-refractivity contribution in [1.29, 1.82) is 0 Å². The van der Waals surface area contributed by atoms with Crippen LogP contribution in [0.15, 0.2) is 95.0 Å². The summed E-state index contributed by atoms with van der Waals surface area (Å²) in [4.78, 5) is 39.2. The lowest BCUT2D eigenvalue weighted by Crippen LogP contribution is -2.54. The number of carbonyl (C=O) groups excluding carboxylic acids is 3. The molecule has 0 aliphatic carbocycles. The number of benzene rings is 4. The number of hydrogen-bond acceptors (Lipinski definition) is 4. The number of imide groups is 2. The molecule has 1 N–H and O–H groups in total. The van der Waals surface area contributed by atoms with Gasteiger partial charge < -0.3 is 4.74 Å². The van der Waals surface area contributed by atoms with Crippen LogP contribution in [0.2, 0.25) is 0 Å². The van der Waals surface area contributed by atoms with E-state index in [0.717, 1.165) is 26.9 Å². The fourth-order valence-electron chi connectivity index (χ4n) is 3.97. The number of barbiturate groups is 1. The van der Waals surface area contributed by atoms with Gasteiger partial charge in [-0.05, 0) is 41.1 Å². The molecular weight excluding hydrogens is 527 g/mol. The van der Waals surface area contributed by atoms with Gasteiger partial charge in [-0.15, -0.1) is 0 Å². The van der Waals surface area contributed by atoms with Gasteiger partial charge in [0.05, 0.1) is 5.69 Å². The summed E-state index contributed by atoms with van der Waals surface area (Å²) in [6.45, 7) is 0.232. The second-order valence-corrected chi connectivity index (χ2v) is 8.84. The van der Waals surface area contributed by atoms with Crippen molar-refractivity contribution in [3.05, 3.63) is 112 Å². The third-order valence-electron chi connectivity index (χ3n) is 5.76. The number of amides is 4. The Morgan fingerprint density at radius 3 is 2.42 bits per heavy atom. The van der Waals surface area contributed by atoms with E-state index in [1.807, 2.05) is 54.6 Å². The normalized spacial score (nSPS) is 14.9. The van der Waals surface area contributed by atoms with Crippen molar-refractivity contribution in [2.45, 2.75) is 6.61 Å². The molecule has 1 saturated heterocycles. The molecule has 8 heteroatoms. The van der Waals surface area contributed by atoms with Gasteiger partial charge in [-0.25, -0.2) is 14.1 Å². The smallest absolute Gasteiger partial charge is 0.336 e. The fourth-order valence-corrected chi connectivity index (χ4v) is 4.37. The molecule has 1 heterocycles. The zero-order valence-corrected chi connectivity index (χ0v) is 20.3. The number of rotatable bonds is 5. The third-order valence-corrected chi connectivity index (χ3v) is 6.53. The third kappa shape index (κ3) is 4.38. The van der Waals surface area contributed by atoms with Gasteiger partial charge in [0, 0.05) is 15.6 Å². The predicted molar refractivity (Wildman–Crippen MR) is 138 cm³/mol. The molecule has 0 aromatic heterocycles. The van der Waals surface area contributed by atoms with Crippen LogP contribution >= 0.6 is 15.9 Å². The molecule has 1 fully saturated rings. The number of para-hydroxylation sites is 1. The van der Waals surface area contributed by atoms with Crippen LogP contribution < -0.4 is 15.0 Å². The second-order valence-electron chi connectivity index (χ2n) is 7.99. The first-order valence-corrected chi connectivity index (χ1v) is 11.8. The summed E-state index contributed by atoms with van der Waals surface area (Å²) in [5, 5.41) is 3.74. The molecule has 0 unspecified atom stereocenters. The molecule has 0 radical (unpaired) electrons. The molecule has 4 aromatic rings. The van der Waals surface area contributed by atoms with E-state index < -0.39 is 23.7 Å². The number of anilines is 1. The van der Waals surface area contributed by atoms with Crippen LogP contribution in [-0.4, -0.2) is 17.8 Å². The summed E-state index contributed by atoms with van der Waals surface area (Å²) < 4.78 is 21.4. The van der Waals surface area contributed by atoms with Gasteiger partial charge >= 0.3 is 6.03 Å². The number of nitrogens with zero attached hydrogens (tertiary/aromatic N) is 1. The van der Waals surface area contributed by atoms with E-state index >= 15 is 0 Å². The Morgan fingerprint density at radius 1 is 0.889 bits per heavy atom. The zero-order valence-electron chi connectivity index (χ0n) is 18.7. The number of fused-ring (bicyclic) bond motifs is 1. The number of ether oxygens (including phenoxy) is 1. The maximum absolute atomic E-state index is 14.4. The average Bonchev–Trinajstić information content (AvgIpc) is 2.87. The molecule has 0 bridgehead atoms. The minimum atomic E-state index is -1.02. The van der Waals surface area contributed by atoms with Gasteiger partial charge in [0.25, 0.3) is 11.8 Å². The van der Waals surface area contributed by atoms with Gasteiger partial charge in [-0.1, -0.05) is 76.6 Å². The van der Waals surface area contributed by atoms with Crippen molar-refractivity contribution in [1.82, 2.24) is 5.32 Å². The number of hydrogen-bond donors (Lipinski definition) is 1. The van der Waals surface area contributed by atoms with Crippen LogP contribution in [0.1, 0.15) is 11.1 Å². The van der Waals surface area contributed by atoms with Gasteiger partial charge in [0.15, 0.2) is 0 Å². The summed E-state index contributed by atoms with van der Waals surface area (Å²) in [6.07, 6.45) is 1.38. The molecule has 6 nitrogen and oxygen atoms in total. The highest BCUT2D eigenvalue weighted by atomic mass is 79.9. The molecule has 0 spiro atoms. The van der Waals surface area contributed by atoms with Gasteiger partial charge in [0.2, 0.25) is 0 Å². The van der Waals surface area contributed by atoms with E-state index in [2.05, 4.69) is 21.2 Å². The van der Waals surface area contributed by atoms with E-state index in [-0.39, 0.29) is 17.9 Å². The number of nitrogens with one attached hydrogen (secondary N) is 1. The van der Waals surface area contributed by atoms with Crippen LogP contribution in [0.5, 0.6) is 5.75 Å². The van der Waals surface area contributed by atoms with Crippen LogP contribution in [0, 0.1) is 5.82 Å². The van der Waals surface area contributed by atoms with Crippen molar-refractivity contribution < 1.29 is 23.5 Å². The summed E-state index contributed by atoms with van der Waals surface area (Å²) >= 11 is 3.51. The zero-order chi connectivity index (χ0) is 25.2. The Labute approximate surface area is 214 Å². The van der Waals surface area contributed by atoms with Crippen LogP contribution in [0.4, 0.5) is 14.9 Å². The molecule has 5 rings (SSSR count). The Balaban J connectivity index is 1.60. The van der Waals surface area contributed by atoms with Crippen LogP contribution in [0.3, 0.4) is 0 Å². The van der Waals surface area contributed by atoms with Crippen molar-refractivity contribution >= 4 is 56.3 Å². The lowest BCUT2D eigenvalue weighted by Gasteiger charge is -2.26. The Hall–Kier alpha value is -4.30. The molecular formula is C28H18BrFN2O4. The largest absolute Gasteiger partial charge is 0.488 e. The monoisotopic (exact) mass is 544 g/mol. The summed E-state index contributed by atoms with van der Waals surface area (Å²) in [5.41, 5.74) is 0.829. The molecule has 0 atom stereocenters. The van der Waals surface area contributed by atoms with E-state index in [1.165, 1.54) is 24.3 Å². The highest BCUT2D eigenvalue weighted by Gasteiger charge is 2.38. The number of urea groups is 1. The minimum Gasteiger partial charge on any atom is -0.488 e. The highest BCUT2D eigenvalue weighted by Crippen LogP contribution is 2.33. The topological polar surface area (TPSA) is 75.7 Å². The lowest BCUT2D eigenvalue weighted by molar-refractivity contribution is -0.122. The van der Waals surface area contributed by atoms with Crippen LogP contribution in [0.25, 0.3) is 16.8 Å². The molecule has 36 heavy (non-hydrogen) atoms. The van der Waals surface area contributed by atoms with E-state index in [1.54, 1.807) is 6.07 Å². The summed E-state index contributed by atoms with van der Waals surface area (Å²) in [6, 6.07) is 23.1. The quantitative estimate of drug-likeness (QED) is 0.247. The molecule has 1 aliphatic rings. The van der Waals surface area contributed by atoms with E-state index in [9.17, 15) is 18.8 Å². The van der Waals surface area contributed by atoms with Gasteiger partial charge in [-0.2, -0.15) is 0 Å². The fraction of sp³-hybridized carbons (Fsp3) is 0.0357. The predicted octanol–water partition coefficient (Wildman–Crippen LogP) is 5.99. The first-order valence-electron chi connectivity index (χ1n) is 11.0. The van der Waals surface area contributed by atoms with Crippen molar-refractivity contribution in [3.63, 3.8) is 0 Å². The maximum Gasteiger partial charge on any atom is 0.336 e. The average molecular weight is 545 g/mol. The minimum absolute atomic E-state index is 0.232. The Morgan fingerprint density at radius 2 is 1.61 bits per heavy atom. The first-order chi connectivity index (χ1) is 17.4. The Bertz CT molecular complexity index is 1570. The van der Waals surface area contributed by atoms with E-state index in [4.69, 9.17) is 4.74 Å². The van der Waals surface area contributed by atoms with Crippen molar-refractivity contribution in [3.8, 4) is 5.75 Å². The van der Waals surface area contributed by atoms with Crippen molar-refractivity contribution in [2.24, 2.45) is 0 Å². The molecule has 4 aromatic carbocycles. The number of halogens is 2. The Kier molecular flexibility index (Phi) is 6.35. The number of carbonyl (C=O) groups is 3. The van der Waals surface area contributed by atoms with Gasteiger partial charge in [0.1, 0.15) is 23.7 Å². The second kappa shape index (κ2) is 9.75. The first kappa shape index (κ1) is 23.4. The van der Waals surface area contributed by atoms with Gasteiger partial charge in [-0.3, -0.25) is 14.9 Å². The summed E-state index contributed by atoms with van der Waals surface area (Å²) in [5.74, 6) is -2.13. The molecule has 178 valence electrons. The lowest BCUT2D eigenvalue weighted by atomic mass is 9.99. The molecule has 1 aliphatic heterocycles. The van der Waals surface area contributed by atoms with E-state index in [0.29, 0.717) is 16.2 Å². The SMILES string of the molecule is O=C1NC(=O)N(c2ccccc2F)C(=O)/C1=C\c1c(OCc2ccccc2Br)ccc2ccccc12. The molecule has 0 saturated carbocycles. The van der Waals surface area contributed by atoms with Crippen LogP contribution in [-0.2, 0) is 16.2 Å². The van der Waals surface area contributed by atoms with Crippen molar-refractivity contribution in [2.75, 3.05) is 4.90 Å². The molecule has 4 amide bonds. The maximum atomic E-state index is 14.4. The standard InChI is InChI=1S/C28H18BrFN2O4/c29-22-10-4-2-8-18(22)16-36-25-14-13-17-7-1-3-9-19(17)20(25)15-21-26(33)31-28(35)32(27(21)34)24-12-6-5-11-23(24)30/h1-15H,16H2,(H,31,33,35)/b21-15-. The highest BCUT2D eigenvalue weighted by molar-refractivity contribution is 9.10.